The van der Waals surface area contributed by atoms with E-state index in [4.69, 9.17) is 9.26 Å². The molecule has 5 aliphatic rings. The maximum Gasteiger partial charge on any atom is 0.328 e. The van der Waals surface area contributed by atoms with Crippen LogP contribution in [0, 0.1) is 17.8 Å². The van der Waals surface area contributed by atoms with Gasteiger partial charge in [-0.25, -0.2) is 4.39 Å². The van der Waals surface area contributed by atoms with E-state index >= 15 is 0 Å². The Labute approximate surface area is 189 Å². The molecule has 5 heterocycles. The Bertz CT molecular complexity index is 829. The third kappa shape index (κ3) is 3.11. The van der Waals surface area contributed by atoms with Gasteiger partial charge in [0.1, 0.15) is 12.4 Å². The monoisotopic (exact) mass is 615 g/mol. The van der Waals surface area contributed by atoms with Crippen LogP contribution in [0.25, 0.3) is 0 Å². The van der Waals surface area contributed by atoms with Crippen molar-refractivity contribution in [2.24, 2.45) is 17.8 Å². The number of ether oxygens (including phenoxy) is 1. The summed E-state index contributed by atoms with van der Waals surface area (Å²) in [6.45, 7) is 2.43. The van der Waals surface area contributed by atoms with E-state index in [9.17, 15) is 9.18 Å². The van der Waals surface area contributed by atoms with Crippen molar-refractivity contribution in [2.45, 2.75) is 20.2 Å². The Morgan fingerprint density at radius 2 is 2.07 bits per heavy atom. The van der Waals surface area contributed by atoms with E-state index in [0.29, 0.717) is 24.5 Å². The highest BCUT2D eigenvalue weighted by molar-refractivity contribution is 14.2. The fourth-order valence-electron chi connectivity index (χ4n) is 4.74. The van der Waals surface area contributed by atoms with Crippen LogP contribution >= 0.6 is 45.2 Å². The lowest BCUT2D eigenvalue weighted by atomic mass is 9.96. The minimum Gasteiger partial charge on any atom is -0.493 e. The first kappa shape index (κ1) is 19.3. The number of fused-ring (bicyclic) bond motifs is 4. The van der Waals surface area contributed by atoms with Gasteiger partial charge in [-0.3, -0.25) is 14.6 Å². The summed E-state index contributed by atoms with van der Waals surface area (Å²) in [5.41, 5.74) is 0. The second-order valence-electron chi connectivity index (χ2n) is 8.09. The van der Waals surface area contributed by atoms with Gasteiger partial charge in [-0.15, -0.1) is 0 Å². The van der Waals surface area contributed by atoms with Crippen LogP contribution in [0.3, 0.4) is 0 Å². The van der Waals surface area contributed by atoms with Crippen molar-refractivity contribution in [1.29, 1.82) is 0 Å². The summed E-state index contributed by atoms with van der Waals surface area (Å²) in [6, 6.07) is 0.592. The molecule has 1 aromatic rings. The maximum absolute atomic E-state index is 14.0. The quantitative estimate of drug-likeness (QED) is 0.380. The standard InChI is InChI=1S/C17H20FI2N5O3/c1-23(2)14(26)13-9-4-24(5-10(9)13)11-3-8-7-27-12(11)6-25(8)16-21-15(22-28-16)17(18,19)20/h6,8-11,13H,3-5,7H2,1-2H3/t8?,9-,10+,11?,13+. The zero-order valence-electron chi connectivity index (χ0n) is 15.4. The zero-order chi connectivity index (χ0) is 19.8. The average molecular weight is 615 g/mol. The van der Waals surface area contributed by atoms with Crippen molar-refractivity contribution < 1.29 is 18.4 Å². The molecule has 0 aromatic carbocycles. The molecule has 4 aliphatic heterocycles. The SMILES string of the molecule is CN(C)C(=O)[C@H]1[C@@H]2CN(C3CC4COC3=CN4c3nc(C(F)(I)I)no3)C[C@@H]21. The number of hydrogen-bond acceptors (Lipinski definition) is 7. The van der Waals surface area contributed by atoms with Crippen molar-refractivity contribution in [3.63, 3.8) is 0 Å². The number of carbonyl (C=O) groups is 1. The Morgan fingerprint density at radius 1 is 1.36 bits per heavy atom. The molecule has 1 saturated carbocycles. The van der Waals surface area contributed by atoms with Crippen molar-refractivity contribution in [1.82, 2.24) is 19.9 Å². The lowest BCUT2D eigenvalue weighted by Crippen LogP contribution is -2.53. The van der Waals surface area contributed by atoms with Gasteiger partial charge in [0.25, 0.3) is 1.68 Å². The van der Waals surface area contributed by atoms with Gasteiger partial charge < -0.3 is 14.2 Å². The Kier molecular flexibility index (Phi) is 4.58. The Balaban J connectivity index is 1.28. The van der Waals surface area contributed by atoms with Gasteiger partial charge >= 0.3 is 6.01 Å². The molecule has 1 amide bonds. The molecule has 6 rings (SSSR count). The van der Waals surface area contributed by atoms with Crippen molar-refractivity contribution in [2.75, 3.05) is 38.7 Å². The van der Waals surface area contributed by atoms with Crippen LogP contribution in [0.5, 0.6) is 0 Å². The summed E-state index contributed by atoms with van der Waals surface area (Å²) >= 11 is 3.28. The summed E-state index contributed by atoms with van der Waals surface area (Å²) in [4.78, 5) is 22.5. The molecule has 8 nitrogen and oxygen atoms in total. The maximum atomic E-state index is 14.0. The molecule has 3 fully saturated rings. The second-order valence-corrected chi connectivity index (χ2v) is 13.1. The van der Waals surface area contributed by atoms with Gasteiger partial charge in [0.15, 0.2) is 0 Å². The lowest BCUT2D eigenvalue weighted by molar-refractivity contribution is -0.131. The molecule has 5 atom stereocenters. The summed E-state index contributed by atoms with van der Waals surface area (Å²) in [5.74, 6) is 2.29. The number of aromatic nitrogens is 2. The van der Waals surface area contributed by atoms with Gasteiger partial charge in [-0.1, -0.05) is 5.16 Å². The highest BCUT2D eigenvalue weighted by atomic mass is 127. The minimum absolute atomic E-state index is 0.0252. The van der Waals surface area contributed by atoms with Crippen LogP contribution in [0.1, 0.15) is 12.2 Å². The van der Waals surface area contributed by atoms with Crippen LogP contribution in [-0.2, 0) is 11.2 Å². The van der Waals surface area contributed by atoms with E-state index in [0.717, 1.165) is 25.3 Å². The van der Waals surface area contributed by atoms with Gasteiger partial charge in [0.2, 0.25) is 11.7 Å². The molecule has 11 heteroatoms. The first-order valence-corrected chi connectivity index (χ1v) is 11.4. The van der Waals surface area contributed by atoms with Crippen molar-refractivity contribution >= 4 is 57.1 Å². The fourth-order valence-corrected chi connectivity index (χ4v) is 5.18. The summed E-state index contributed by atoms with van der Waals surface area (Å²) in [6.07, 6.45) is 2.80. The molecular weight excluding hydrogens is 595 g/mol. The number of rotatable bonds is 4. The van der Waals surface area contributed by atoms with Gasteiger partial charge in [0.05, 0.1) is 12.1 Å². The van der Waals surface area contributed by atoms with E-state index in [-0.39, 0.29) is 29.7 Å². The summed E-state index contributed by atoms with van der Waals surface area (Å²) in [5, 5.41) is 3.76. The van der Waals surface area contributed by atoms with Crippen LogP contribution < -0.4 is 4.90 Å². The van der Waals surface area contributed by atoms with E-state index in [2.05, 4.69) is 15.0 Å². The topological polar surface area (TPSA) is 74.9 Å². The molecular formula is C17H20FI2N5O3. The fraction of sp³-hybridized carbons (Fsp3) is 0.706. The Hall–Kier alpha value is -0.700. The van der Waals surface area contributed by atoms with E-state index < -0.39 is 1.68 Å². The molecule has 1 aromatic heterocycles. The summed E-state index contributed by atoms with van der Waals surface area (Å²) in [7, 11) is 3.65. The summed E-state index contributed by atoms with van der Waals surface area (Å²) < 4.78 is 23.5. The molecule has 0 spiro atoms. The van der Waals surface area contributed by atoms with Crippen LogP contribution in [0.2, 0.25) is 0 Å². The van der Waals surface area contributed by atoms with Crippen molar-refractivity contribution in [3.05, 3.63) is 17.8 Å². The lowest BCUT2D eigenvalue weighted by Gasteiger charge is -2.45. The van der Waals surface area contributed by atoms with E-state index in [1.807, 2.05) is 25.2 Å². The predicted octanol–water partition coefficient (Wildman–Crippen LogP) is 2.10. The molecule has 28 heavy (non-hydrogen) atoms. The molecule has 2 saturated heterocycles. The predicted molar refractivity (Wildman–Crippen MR) is 115 cm³/mol. The number of piperidine rings is 1. The smallest absolute Gasteiger partial charge is 0.328 e. The number of anilines is 1. The zero-order valence-corrected chi connectivity index (χ0v) is 19.7. The first-order chi connectivity index (χ1) is 13.2. The Morgan fingerprint density at radius 3 is 2.61 bits per heavy atom. The average Bonchev–Trinajstić information content (AvgIpc) is 3.06. The largest absolute Gasteiger partial charge is 0.493 e. The minimum atomic E-state index is -1.70. The highest BCUT2D eigenvalue weighted by Gasteiger charge is 2.61. The van der Waals surface area contributed by atoms with Crippen LogP contribution in [0.4, 0.5) is 10.4 Å². The second kappa shape index (κ2) is 6.65. The molecule has 152 valence electrons. The number of nitrogens with zero attached hydrogens (tertiary/aromatic N) is 5. The van der Waals surface area contributed by atoms with Gasteiger partial charge in [-0.2, -0.15) is 4.98 Å². The van der Waals surface area contributed by atoms with Crippen LogP contribution in [0.15, 0.2) is 16.5 Å². The molecule has 1 aliphatic carbocycles. The third-order valence-corrected chi connectivity index (χ3v) is 7.17. The molecule has 0 N–H and O–H groups in total. The van der Waals surface area contributed by atoms with E-state index in [1.54, 1.807) is 50.1 Å². The number of alkyl halides is 3. The number of amides is 1. The number of halogens is 3. The molecule has 0 radical (unpaired) electrons. The highest BCUT2D eigenvalue weighted by Crippen LogP contribution is 2.54. The van der Waals surface area contributed by atoms with E-state index in [1.165, 1.54) is 0 Å². The first-order valence-electron chi connectivity index (χ1n) is 9.23. The third-order valence-electron chi connectivity index (χ3n) is 6.20. The van der Waals surface area contributed by atoms with Crippen molar-refractivity contribution in [3.8, 4) is 0 Å². The molecule has 2 bridgehead atoms. The number of likely N-dealkylation sites (tertiary alicyclic amines) is 1. The molecule has 2 unspecified atom stereocenters. The van der Waals surface area contributed by atoms with Gasteiger partial charge in [-0.05, 0) is 63.4 Å². The number of hydrogen-bond donors (Lipinski definition) is 0. The number of carbonyl (C=O) groups excluding carboxylic acids is 1. The van der Waals surface area contributed by atoms with Gasteiger partial charge in [0, 0.05) is 39.3 Å². The van der Waals surface area contributed by atoms with Crippen LogP contribution in [-0.4, -0.2) is 71.7 Å². The normalized spacial score (nSPS) is 34.1.